The predicted octanol–water partition coefficient (Wildman–Crippen LogP) is 14.6. The summed E-state index contributed by atoms with van der Waals surface area (Å²) in [5, 5.41) is 2.29. The summed E-state index contributed by atoms with van der Waals surface area (Å²) in [6.45, 7) is 4.63. The Labute approximate surface area is 401 Å². The van der Waals surface area contributed by atoms with Crippen LogP contribution in [-0.2, 0) is 50.5 Å². The molecule has 0 unspecified atom stereocenters. The monoisotopic (exact) mass is 1050 g/mol. The van der Waals surface area contributed by atoms with Crippen LogP contribution in [0, 0.1) is 3.80 Å². The second kappa shape index (κ2) is 16.8. The van der Waals surface area contributed by atoms with Gasteiger partial charge < -0.3 is 0 Å². The molecule has 4 bridgehead atoms. The summed E-state index contributed by atoms with van der Waals surface area (Å²) < 4.78 is 15.1. The van der Waals surface area contributed by atoms with Crippen LogP contribution in [0.2, 0.25) is 0 Å². The van der Waals surface area contributed by atoms with Gasteiger partial charge in [-0.15, -0.1) is 0 Å². The van der Waals surface area contributed by atoms with Gasteiger partial charge in [-0.05, 0) is 27.8 Å². The number of imidazole rings is 1. The van der Waals surface area contributed by atoms with Crippen molar-refractivity contribution in [2.24, 2.45) is 0 Å². The maximum absolute atomic E-state index is 6.87. The summed E-state index contributed by atoms with van der Waals surface area (Å²) in [5.41, 5.74) is 16.6. The van der Waals surface area contributed by atoms with Crippen molar-refractivity contribution in [2.75, 3.05) is 0 Å². The van der Waals surface area contributed by atoms with Gasteiger partial charge in [0.15, 0.2) is 0 Å². The Hall–Kier alpha value is -7.33. The molecule has 6 heteroatoms. The normalized spacial score (nSPS) is 12.8. The third-order valence-electron chi connectivity index (χ3n) is 13.9. The summed E-state index contributed by atoms with van der Waals surface area (Å²) in [6.07, 6.45) is 8.35. The number of hydrogen-bond donors (Lipinski definition) is 0. The Bertz CT molecular complexity index is 3700. The minimum atomic E-state index is -0.325. The predicted molar refractivity (Wildman–Crippen MR) is 269 cm³/mol. The summed E-state index contributed by atoms with van der Waals surface area (Å²) in [7, 11) is 0. The maximum atomic E-state index is 6.87. The van der Waals surface area contributed by atoms with Gasteiger partial charge in [-0.25, -0.2) is 0 Å². The minimum Gasteiger partial charge on any atom is -0.0622 e. The number of ether oxygens (including phenoxy) is 1. The fraction of sp³-hybridized carbons (Fsp3) is 0.115. The van der Waals surface area contributed by atoms with E-state index < -0.39 is 0 Å². The van der Waals surface area contributed by atoms with Crippen LogP contribution in [0.25, 0.3) is 61.1 Å². The molecule has 4 aromatic heterocycles. The molecule has 0 N–H and O–H groups in total. The molecule has 2 aliphatic carbocycles. The van der Waals surface area contributed by atoms with Crippen molar-refractivity contribution in [1.29, 1.82) is 0 Å². The molecule has 0 amide bonds. The molecule has 67 heavy (non-hydrogen) atoms. The molecule has 15 rings (SSSR count). The average molecular weight is 1050 g/mol. The van der Waals surface area contributed by atoms with Gasteiger partial charge in [0.2, 0.25) is 0 Å². The molecule has 7 aromatic carbocycles. The van der Waals surface area contributed by atoms with E-state index in [0.29, 0.717) is 0 Å². The third kappa shape index (κ3) is 7.48. The Morgan fingerprint density at radius 2 is 1.24 bits per heavy atom. The summed E-state index contributed by atoms with van der Waals surface area (Å²) >= 11 is 2.50. The molecular weight excluding hydrogens is 1000 g/mol. The Balaban J connectivity index is 0.976. The summed E-state index contributed by atoms with van der Waals surface area (Å²) in [6, 6.07) is 70.0. The number of aryl methyl sites for hydroxylation is 4. The number of nitrogens with zero attached hydrogens (tertiary/aromatic N) is 4. The molecule has 2 aliphatic heterocycles. The van der Waals surface area contributed by atoms with Crippen molar-refractivity contribution in [3.8, 4) is 45.3 Å². The molecule has 0 atom stereocenters. The van der Waals surface area contributed by atoms with E-state index in [0.717, 1.165) is 85.4 Å². The van der Waals surface area contributed by atoms with Gasteiger partial charge in [0.25, 0.3) is 0 Å². The van der Waals surface area contributed by atoms with Crippen LogP contribution in [0.15, 0.2) is 207 Å². The molecule has 0 fully saturated rings. The van der Waals surface area contributed by atoms with Crippen LogP contribution in [-0.4, -0.2) is 18.5 Å². The molecule has 5 nitrogen and oxygen atoms in total. The van der Waals surface area contributed by atoms with Crippen LogP contribution in [0.1, 0.15) is 47.4 Å². The number of hydrogen-bond acceptors (Lipinski definition) is 2. The van der Waals surface area contributed by atoms with E-state index in [9.17, 15) is 0 Å². The third-order valence-corrected chi connectivity index (χ3v) is 14.9. The van der Waals surface area contributed by atoms with Crippen LogP contribution in [0.4, 0.5) is 0 Å². The van der Waals surface area contributed by atoms with Crippen LogP contribution >= 0.6 is 0 Å². The first-order chi connectivity index (χ1) is 32.9. The van der Waals surface area contributed by atoms with Crippen LogP contribution in [0.3, 0.4) is 0 Å². The van der Waals surface area contributed by atoms with Crippen molar-refractivity contribution in [3.05, 3.63) is 244 Å². The van der Waals surface area contributed by atoms with Gasteiger partial charge in [0, 0.05) is 17.2 Å². The first-order valence-electron chi connectivity index (χ1n) is 23.2. The number of aromatic nitrogens is 4. The SMILES string of the molecule is CC(C)(c1ccccc1)c1cc(-n2c3ccc(-c4ccccc4)cc3c3ccc(Oc4cccc(-n5cc6c7ccc(n6[c]5=[Pt])CCc5ccc(cc5)CC7)c4)cc32)ncc1-c1ccccc1. The van der Waals surface area contributed by atoms with Crippen LogP contribution in [0.5, 0.6) is 11.5 Å². The Morgan fingerprint density at radius 3 is 2.00 bits per heavy atom. The zero-order valence-corrected chi connectivity index (χ0v) is 39.7. The minimum absolute atomic E-state index is 0.325. The van der Waals surface area contributed by atoms with Gasteiger partial charge in [0.1, 0.15) is 0 Å². The molecule has 4 aliphatic rings. The van der Waals surface area contributed by atoms with Gasteiger partial charge in [-0.3, -0.25) is 0 Å². The first kappa shape index (κ1) is 41.1. The van der Waals surface area contributed by atoms with E-state index in [4.69, 9.17) is 9.72 Å². The molecule has 0 saturated carbocycles. The van der Waals surface area contributed by atoms with E-state index in [1.54, 1.807) is 0 Å². The molecule has 0 radical (unpaired) electrons. The molecule has 11 aromatic rings. The molecular formula is C61H48N4OPt. The van der Waals surface area contributed by atoms with Crippen molar-refractivity contribution >= 4 is 27.3 Å². The number of benzene rings is 7. The molecule has 0 saturated heterocycles. The fourth-order valence-corrected chi connectivity index (χ4v) is 11.2. The van der Waals surface area contributed by atoms with Crippen molar-refractivity contribution < 1.29 is 24.1 Å². The van der Waals surface area contributed by atoms with Gasteiger partial charge in [-0.2, -0.15) is 0 Å². The second-order valence-corrected chi connectivity index (χ2v) is 19.3. The zero-order chi connectivity index (χ0) is 45.1. The van der Waals surface area contributed by atoms with E-state index >= 15 is 0 Å². The van der Waals surface area contributed by atoms with Gasteiger partial charge >= 0.3 is 248 Å². The van der Waals surface area contributed by atoms with Crippen LogP contribution < -0.4 is 4.74 Å². The molecule has 0 spiro atoms. The van der Waals surface area contributed by atoms with Crippen molar-refractivity contribution in [1.82, 2.24) is 18.5 Å². The van der Waals surface area contributed by atoms with E-state index in [1.807, 2.05) is 0 Å². The number of fused-ring (bicyclic) bond motifs is 3. The van der Waals surface area contributed by atoms with Crippen molar-refractivity contribution in [2.45, 2.75) is 44.9 Å². The standard InChI is InChI=1S/C61H48N4O.Pt/c1-61(2,48-17-10-5-11-18-48)56-38-60(62-39-55(56)45-15-8-4-9-16-45)65-57-34-29-47(44-13-6-3-7-14-44)35-54(57)53-33-32-52(37-58(53)65)66-51-20-12-19-50(36-51)63-40-59-46-27-25-42-21-23-43(24-22-42)26-30-49(31-28-46)64(59)41-63;/h3-24,28-29,31-40H,25-27,30H2,1-2H3;. The van der Waals surface area contributed by atoms with E-state index in [1.165, 1.54) is 50.2 Å². The topological polar surface area (TPSA) is 36.4 Å². The fourth-order valence-electron chi connectivity index (χ4n) is 10.2. The molecule has 328 valence electrons. The second-order valence-electron chi connectivity index (χ2n) is 18.3. The first-order valence-corrected chi connectivity index (χ1v) is 24.3. The molecule has 6 heterocycles. The van der Waals surface area contributed by atoms with Gasteiger partial charge in [-0.1, -0.05) is 111 Å². The Morgan fingerprint density at radius 1 is 0.537 bits per heavy atom. The quantitative estimate of drug-likeness (QED) is 0.152. The summed E-state index contributed by atoms with van der Waals surface area (Å²) in [4.78, 5) is 5.30. The number of rotatable bonds is 8. The number of pyridine rings is 2. The van der Waals surface area contributed by atoms with Crippen molar-refractivity contribution in [3.63, 3.8) is 0 Å². The average Bonchev–Trinajstić information content (AvgIpc) is 3.89. The van der Waals surface area contributed by atoms with Gasteiger partial charge in [0.05, 0.1) is 0 Å². The van der Waals surface area contributed by atoms with E-state index in [2.05, 4.69) is 253 Å². The zero-order valence-electron chi connectivity index (χ0n) is 37.5. The van der Waals surface area contributed by atoms with E-state index in [-0.39, 0.29) is 5.41 Å². The Kier molecular flexibility index (Phi) is 10.3. The smallest absolute Gasteiger partial charge is 0.0622 e. The summed E-state index contributed by atoms with van der Waals surface area (Å²) in [5.74, 6) is 2.39.